The number of anilines is 2. The van der Waals surface area contributed by atoms with E-state index in [2.05, 4.69) is 5.32 Å². The Morgan fingerprint density at radius 2 is 1.82 bits per heavy atom. The normalized spacial score (nSPS) is 26.3. The fourth-order valence-corrected chi connectivity index (χ4v) is 4.90. The molecular weight excluding hydrogens is 361 g/mol. The second-order valence-electron chi connectivity index (χ2n) is 7.48. The molecule has 0 bridgehead atoms. The molecular formula is C21H18FN3O3. The maximum Gasteiger partial charge on any atom is 0.335 e. The van der Waals surface area contributed by atoms with Gasteiger partial charge in [-0.25, -0.2) is 14.1 Å². The topological polar surface area (TPSA) is 69.7 Å². The van der Waals surface area contributed by atoms with Gasteiger partial charge in [-0.15, -0.1) is 0 Å². The van der Waals surface area contributed by atoms with Crippen molar-refractivity contribution in [1.82, 2.24) is 5.32 Å². The minimum Gasteiger partial charge on any atom is -0.364 e. The van der Waals surface area contributed by atoms with Crippen LogP contribution in [0.2, 0.25) is 0 Å². The maximum absolute atomic E-state index is 14.6. The highest BCUT2D eigenvalue weighted by atomic mass is 19.1. The number of urea groups is 1. The van der Waals surface area contributed by atoms with Gasteiger partial charge in [-0.05, 0) is 43.0 Å². The lowest BCUT2D eigenvalue weighted by atomic mass is 9.68. The third-order valence-corrected chi connectivity index (χ3v) is 6.08. The Morgan fingerprint density at radius 1 is 1.04 bits per heavy atom. The Morgan fingerprint density at radius 3 is 2.61 bits per heavy atom. The van der Waals surface area contributed by atoms with Crippen molar-refractivity contribution in [1.29, 1.82) is 0 Å². The molecule has 2 saturated heterocycles. The fourth-order valence-electron chi connectivity index (χ4n) is 4.90. The van der Waals surface area contributed by atoms with E-state index in [1.165, 1.54) is 6.07 Å². The summed E-state index contributed by atoms with van der Waals surface area (Å²) in [7, 11) is 0. The van der Waals surface area contributed by atoms with Crippen LogP contribution in [0.1, 0.15) is 18.4 Å². The van der Waals surface area contributed by atoms with Crippen molar-refractivity contribution in [3.05, 3.63) is 59.9 Å². The smallest absolute Gasteiger partial charge is 0.335 e. The minimum absolute atomic E-state index is 0.0720. The molecule has 142 valence electrons. The lowest BCUT2D eigenvalue weighted by Crippen LogP contribution is -2.71. The first-order valence-corrected chi connectivity index (χ1v) is 9.33. The minimum atomic E-state index is -1.46. The van der Waals surface area contributed by atoms with Crippen LogP contribution in [-0.2, 0) is 16.0 Å². The van der Waals surface area contributed by atoms with E-state index >= 15 is 0 Å². The maximum atomic E-state index is 14.6. The molecule has 4 amide bonds. The third-order valence-electron chi connectivity index (χ3n) is 6.08. The summed E-state index contributed by atoms with van der Waals surface area (Å²) in [6.45, 7) is 0.570. The number of carbonyl (C=O) groups excluding carboxylic acids is 3. The van der Waals surface area contributed by atoms with Crippen LogP contribution in [0.25, 0.3) is 0 Å². The standard InChI is InChI=1S/C21H18FN3O3/c22-15-9-4-6-13-12-21(16-10-5-11-24(16)17(13)15)18(26)23-20(28)25(19(21)27)14-7-2-1-3-8-14/h1-4,6-9,16H,5,10-12H2,(H,23,26,28)/t16-,21+/m0/s1. The van der Waals surface area contributed by atoms with Crippen LogP contribution < -0.4 is 15.1 Å². The van der Waals surface area contributed by atoms with Gasteiger partial charge in [0, 0.05) is 6.54 Å². The Kier molecular flexibility index (Phi) is 3.56. The number of para-hydroxylation sites is 2. The predicted molar refractivity (Wildman–Crippen MR) is 100 cm³/mol. The highest BCUT2D eigenvalue weighted by Crippen LogP contribution is 2.49. The molecule has 3 aliphatic heterocycles. The number of halogens is 1. The third kappa shape index (κ3) is 2.10. The van der Waals surface area contributed by atoms with Gasteiger partial charge in [0.25, 0.3) is 5.91 Å². The van der Waals surface area contributed by atoms with Gasteiger partial charge >= 0.3 is 6.03 Å². The van der Waals surface area contributed by atoms with E-state index in [1.807, 2.05) is 4.90 Å². The number of nitrogens with one attached hydrogen (secondary N) is 1. The van der Waals surface area contributed by atoms with Crippen LogP contribution in [0.4, 0.5) is 20.6 Å². The van der Waals surface area contributed by atoms with Crippen molar-refractivity contribution in [2.24, 2.45) is 5.41 Å². The quantitative estimate of drug-likeness (QED) is 0.774. The summed E-state index contributed by atoms with van der Waals surface area (Å²) < 4.78 is 14.6. The molecule has 3 aliphatic rings. The number of benzene rings is 2. The van der Waals surface area contributed by atoms with Gasteiger partial charge in [-0.3, -0.25) is 14.9 Å². The zero-order valence-corrected chi connectivity index (χ0v) is 15.0. The Labute approximate surface area is 160 Å². The average Bonchev–Trinajstić information content (AvgIpc) is 3.17. The summed E-state index contributed by atoms with van der Waals surface area (Å²) in [5.74, 6) is -1.49. The van der Waals surface area contributed by atoms with Crippen molar-refractivity contribution in [2.75, 3.05) is 16.3 Å². The van der Waals surface area contributed by atoms with Gasteiger partial charge < -0.3 is 4.90 Å². The molecule has 0 unspecified atom stereocenters. The summed E-state index contributed by atoms with van der Waals surface area (Å²) in [6.07, 6.45) is 1.41. The molecule has 7 heteroatoms. The van der Waals surface area contributed by atoms with E-state index in [0.717, 1.165) is 11.3 Å². The first-order chi connectivity index (χ1) is 13.5. The largest absolute Gasteiger partial charge is 0.364 e. The van der Waals surface area contributed by atoms with Crippen molar-refractivity contribution in [3.63, 3.8) is 0 Å². The summed E-state index contributed by atoms with van der Waals surface area (Å²) >= 11 is 0. The molecule has 28 heavy (non-hydrogen) atoms. The van der Waals surface area contributed by atoms with Gasteiger partial charge in [0.15, 0.2) is 5.41 Å². The molecule has 0 aliphatic carbocycles. The summed E-state index contributed by atoms with van der Waals surface area (Å²) in [4.78, 5) is 42.2. The molecule has 3 heterocycles. The highest BCUT2D eigenvalue weighted by Gasteiger charge is 2.63. The van der Waals surface area contributed by atoms with Gasteiger partial charge in [-0.2, -0.15) is 0 Å². The summed E-state index contributed by atoms with van der Waals surface area (Å²) in [5.41, 5.74) is 0.0379. The lowest BCUT2D eigenvalue weighted by molar-refractivity contribution is -0.144. The number of rotatable bonds is 1. The molecule has 2 aromatic rings. The fraction of sp³-hybridized carbons (Fsp3) is 0.286. The van der Waals surface area contributed by atoms with Crippen LogP contribution in [0.15, 0.2) is 48.5 Å². The first-order valence-electron chi connectivity index (χ1n) is 9.33. The average molecular weight is 379 g/mol. The van der Waals surface area contributed by atoms with Crippen LogP contribution >= 0.6 is 0 Å². The number of hydrogen-bond donors (Lipinski definition) is 1. The Bertz CT molecular complexity index is 1010. The SMILES string of the molecule is O=C1NC(=O)[C@]2(Cc3cccc(F)c3N3CCC[C@H]32)C(=O)N1c1ccccc1. The van der Waals surface area contributed by atoms with Crippen molar-refractivity contribution >= 4 is 29.2 Å². The van der Waals surface area contributed by atoms with E-state index < -0.39 is 29.3 Å². The zero-order chi connectivity index (χ0) is 19.5. The Balaban J connectivity index is 1.68. The summed E-state index contributed by atoms with van der Waals surface area (Å²) in [5, 5.41) is 2.38. The number of barbiturate groups is 1. The number of carbonyl (C=O) groups is 3. The number of fused-ring (bicyclic) bond motifs is 4. The number of nitrogens with zero attached hydrogens (tertiary/aromatic N) is 2. The molecule has 6 nitrogen and oxygen atoms in total. The lowest BCUT2D eigenvalue weighted by Gasteiger charge is -2.49. The number of imide groups is 2. The highest BCUT2D eigenvalue weighted by molar-refractivity contribution is 6.30. The van der Waals surface area contributed by atoms with E-state index in [0.29, 0.717) is 29.9 Å². The Hall–Kier alpha value is -3.22. The predicted octanol–water partition coefficient (Wildman–Crippen LogP) is 2.62. The van der Waals surface area contributed by atoms with Gasteiger partial charge in [0.05, 0.1) is 17.4 Å². The van der Waals surface area contributed by atoms with Crippen molar-refractivity contribution < 1.29 is 18.8 Å². The second kappa shape index (κ2) is 5.89. The molecule has 0 radical (unpaired) electrons. The molecule has 2 fully saturated rings. The van der Waals surface area contributed by atoms with Gasteiger partial charge in [0.1, 0.15) is 5.82 Å². The van der Waals surface area contributed by atoms with Crippen molar-refractivity contribution in [2.45, 2.75) is 25.3 Å². The van der Waals surface area contributed by atoms with E-state index in [4.69, 9.17) is 0 Å². The van der Waals surface area contributed by atoms with Crippen LogP contribution in [0.3, 0.4) is 0 Å². The van der Waals surface area contributed by atoms with Gasteiger partial charge in [-0.1, -0.05) is 30.3 Å². The second-order valence-corrected chi connectivity index (χ2v) is 7.48. The molecule has 2 aromatic carbocycles. The van der Waals surface area contributed by atoms with Crippen molar-refractivity contribution in [3.8, 4) is 0 Å². The van der Waals surface area contributed by atoms with Crippen LogP contribution in [0.5, 0.6) is 0 Å². The number of hydrogen-bond acceptors (Lipinski definition) is 4. The van der Waals surface area contributed by atoms with Crippen LogP contribution in [0, 0.1) is 11.2 Å². The molecule has 5 rings (SSSR count). The monoisotopic (exact) mass is 379 g/mol. The van der Waals surface area contributed by atoms with E-state index in [-0.39, 0.29) is 12.2 Å². The van der Waals surface area contributed by atoms with E-state index in [1.54, 1.807) is 42.5 Å². The summed E-state index contributed by atoms with van der Waals surface area (Å²) in [6, 6.07) is 12.1. The molecule has 2 atom stereocenters. The first kappa shape index (κ1) is 16.9. The van der Waals surface area contributed by atoms with Gasteiger partial charge in [0.2, 0.25) is 5.91 Å². The van der Waals surface area contributed by atoms with Crippen LogP contribution in [-0.4, -0.2) is 30.4 Å². The molecule has 0 aromatic heterocycles. The zero-order valence-electron chi connectivity index (χ0n) is 15.0. The molecule has 1 spiro atoms. The number of amides is 4. The van der Waals surface area contributed by atoms with E-state index in [9.17, 15) is 18.8 Å². The molecule has 0 saturated carbocycles. The molecule has 1 N–H and O–H groups in total.